The van der Waals surface area contributed by atoms with Crippen molar-refractivity contribution in [1.29, 1.82) is 0 Å². The van der Waals surface area contributed by atoms with Gasteiger partial charge in [-0.3, -0.25) is 0 Å². The van der Waals surface area contributed by atoms with E-state index in [4.69, 9.17) is 23.2 Å². The maximum atomic E-state index is 10.8. The average Bonchev–Trinajstić information content (AvgIpc) is 2.24. The fourth-order valence-electron chi connectivity index (χ4n) is 1.22. The zero-order valence-electron chi connectivity index (χ0n) is 7.50. The zero-order chi connectivity index (χ0) is 10.8. The van der Waals surface area contributed by atoms with Crippen molar-refractivity contribution in [2.45, 2.75) is 0 Å². The summed E-state index contributed by atoms with van der Waals surface area (Å²) < 4.78 is 0. The van der Waals surface area contributed by atoms with Crippen molar-refractivity contribution >= 4 is 23.2 Å². The number of aromatic nitrogens is 2. The van der Waals surface area contributed by atoms with Crippen LogP contribution in [0.3, 0.4) is 0 Å². The first-order valence-electron chi connectivity index (χ1n) is 4.17. The van der Waals surface area contributed by atoms with E-state index in [9.17, 15) is 4.79 Å². The minimum atomic E-state index is -0.392. The molecule has 5 heteroatoms. The van der Waals surface area contributed by atoms with Crippen molar-refractivity contribution in [2.75, 3.05) is 0 Å². The van der Waals surface area contributed by atoms with Gasteiger partial charge in [0.25, 0.3) is 0 Å². The van der Waals surface area contributed by atoms with E-state index in [2.05, 4.69) is 9.97 Å². The fraction of sp³-hybridized carbons (Fsp3) is 0. The molecule has 0 amide bonds. The molecule has 0 unspecified atom stereocenters. The van der Waals surface area contributed by atoms with Crippen LogP contribution in [0.2, 0.25) is 10.0 Å². The Balaban J connectivity index is 2.59. The first kappa shape index (κ1) is 10.2. The number of benzene rings is 1. The summed E-state index contributed by atoms with van der Waals surface area (Å²) >= 11 is 11.9. The molecule has 2 aromatic rings. The van der Waals surface area contributed by atoms with Gasteiger partial charge < -0.3 is 4.98 Å². The number of H-pyrrole nitrogens is 1. The van der Waals surface area contributed by atoms with Crippen LogP contribution in [0.25, 0.3) is 11.1 Å². The molecule has 0 aliphatic rings. The van der Waals surface area contributed by atoms with Gasteiger partial charge in [0.2, 0.25) is 0 Å². The van der Waals surface area contributed by atoms with Gasteiger partial charge in [-0.15, -0.1) is 0 Å². The van der Waals surface area contributed by atoms with Crippen molar-refractivity contribution in [3.8, 4) is 11.1 Å². The zero-order valence-corrected chi connectivity index (χ0v) is 9.01. The highest BCUT2D eigenvalue weighted by molar-refractivity contribution is 6.43. The molecular weight excluding hydrogens is 235 g/mol. The number of halogens is 2. The van der Waals surface area contributed by atoms with E-state index in [1.807, 2.05) is 6.07 Å². The standard InChI is InChI=1S/C10H6Cl2N2O/c11-8-3-1-2-7(9(8)12)6-4-13-10(15)14-5-6/h1-5H,(H,13,14,15). The normalized spacial score (nSPS) is 10.3. The summed E-state index contributed by atoms with van der Waals surface area (Å²) in [6.07, 6.45) is 3.00. The Morgan fingerprint density at radius 3 is 2.73 bits per heavy atom. The molecule has 0 saturated heterocycles. The van der Waals surface area contributed by atoms with Crippen molar-refractivity contribution in [1.82, 2.24) is 9.97 Å². The number of hydrogen-bond acceptors (Lipinski definition) is 2. The van der Waals surface area contributed by atoms with E-state index in [0.29, 0.717) is 10.0 Å². The molecule has 0 radical (unpaired) electrons. The Morgan fingerprint density at radius 2 is 2.07 bits per heavy atom. The van der Waals surface area contributed by atoms with Crippen molar-refractivity contribution in [3.05, 3.63) is 51.1 Å². The monoisotopic (exact) mass is 240 g/mol. The Bertz CT molecular complexity index is 531. The predicted octanol–water partition coefficient (Wildman–Crippen LogP) is 2.74. The summed E-state index contributed by atoms with van der Waals surface area (Å²) in [5, 5.41) is 0.924. The lowest BCUT2D eigenvalue weighted by molar-refractivity contribution is 1.08. The van der Waals surface area contributed by atoms with Gasteiger partial charge in [0.1, 0.15) is 0 Å². The Hall–Kier alpha value is -1.32. The minimum Gasteiger partial charge on any atom is -0.312 e. The molecule has 0 spiro atoms. The van der Waals surface area contributed by atoms with E-state index in [0.717, 1.165) is 11.1 Å². The second-order valence-electron chi connectivity index (χ2n) is 2.91. The quantitative estimate of drug-likeness (QED) is 0.834. The number of nitrogens with zero attached hydrogens (tertiary/aromatic N) is 1. The summed E-state index contributed by atoms with van der Waals surface area (Å²) in [5.74, 6) is 0. The highest BCUT2D eigenvalue weighted by Gasteiger charge is 2.06. The van der Waals surface area contributed by atoms with E-state index < -0.39 is 5.69 Å². The third-order valence-corrected chi connectivity index (χ3v) is 2.75. The molecule has 76 valence electrons. The molecule has 0 atom stereocenters. The largest absolute Gasteiger partial charge is 0.344 e. The molecule has 0 saturated carbocycles. The predicted molar refractivity (Wildman–Crippen MR) is 60.3 cm³/mol. The van der Waals surface area contributed by atoms with Crippen LogP contribution in [0, 0.1) is 0 Å². The average molecular weight is 241 g/mol. The lowest BCUT2D eigenvalue weighted by atomic mass is 10.1. The van der Waals surface area contributed by atoms with Crippen LogP contribution in [-0.4, -0.2) is 9.97 Å². The van der Waals surface area contributed by atoms with E-state index in [1.165, 1.54) is 6.20 Å². The van der Waals surface area contributed by atoms with E-state index in [1.54, 1.807) is 18.3 Å². The highest BCUT2D eigenvalue weighted by Crippen LogP contribution is 2.32. The summed E-state index contributed by atoms with van der Waals surface area (Å²) in [4.78, 5) is 16.9. The molecule has 15 heavy (non-hydrogen) atoms. The lowest BCUT2D eigenvalue weighted by Gasteiger charge is -2.04. The highest BCUT2D eigenvalue weighted by atomic mass is 35.5. The van der Waals surface area contributed by atoms with E-state index >= 15 is 0 Å². The molecule has 1 heterocycles. The van der Waals surface area contributed by atoms with E-state index in [-0.39, 0.29) is 0 Å². The van der Waals surface area contributed by atoms with Gasteiger partial charge in [-0.2, -0.15) is 0 Å². The number of rotatable bonds is 1. The van der Waals surface area contributed by atoms with Crippen molar-refractivity contribution in [2.24, 2.45) is 0 Å². The molecule has 0 aliphatic carbocycles. The summed E-state index contributed by atoms with van der Waals surface area (Å²) in [6, 6.07) is 5.30. The molecule has 1 aromatic heterocycles. The molecule has 0 bridgehead atoms. The summed E-state index contributed by atoms with van der Waals surface area (Å²) in [7, 11) is 0. The van der Waals surface area contributed by atoms with Crippen LogP contribution >= 0.6 is 23.2 Å². The Morgan fingerprint density at radius 1 is 1.27 bits per heavy atom. The Kier molecular flexibility index (Phi) is 2.75. The maximum Gasteiger partial charge on any atom is 0.344 e. The molecule has 2 rings (SSSR count). The second kappa shape index (κ2) is 4.04. The van der Waals surface area contributed by atoms with Crippen molar-refractivity contribution in [3.63, 3.8) is 0 Å². The van der Waals surface area contributed by atoms with Crippen LogP contribution in [-0.2, 0) is 0 Å². The topological polar surface area (TPSA) is 45.8 Å². The van der Waals surface area contributed by atoms with Crippen LogP contribution in [0.15, 0.2) is 35.4 Å². The third kappa shape index (κ3) is 2.03. The molecule has 1 N–H and O–H groups in total. The van der Waals surface area contributed by atoms with Crippen LogP contribution in [0.4, 0.5) is 0 Å². The SMILES string of the molecule is O=c1ncc(-c2cccc(Cl)c2Cl)c[nH]1. The van der Waals surface area contributed by atoms with Gasteiger partial charge in [0.05, 0.1) is 10.0 Å². The van der Waals surface area contributed by atoms with Gasteiger partial charge in [0, 0.05) is 23.5 Å². The molecule has 0 fully saturated rings. The third-order valence-electron chi connectivity index (χ3n) is 1.93. The second-order valence-corrected chi connectivity index (χ2v) is 3.69. The van der Waals surface area contributed by atoms with Gasteiger partial charge in [-0.25, -0.2) is 9.78 Å². The summed E-state index contributed by atoms with van der Waals surface area (Å²) in [5.41, 5.74) is 1.08. The molecule has 1 aromatic carbocycles. The first-order valence-corrected chi connectivity index (χ1v) is 4.93. The van der Waals surface area contributed by atoms with Gasteiger partial charge in [-0.1, -0.05) is 35.3 Å². The molecular formula is C10H6Cl2N2O. The number of aromatic amines is 1. The molecule has 3 nitrogen and oxygen atoms in total. The van der Waals surface area contributed by atoms with Gasteiger partial charge >= 0.3 is 5.69 Å². The Labute approximate surface area is 95.7 Å². The van der Waals surface area contributed by atoms with Gasteiger partial charge in [-0.05, 0) is 6.07 Å². The lowest BCUT2D eigenvalue weighted by Crippen LogP contribution is -2.07. The maximum absolute atomic E-state index is 10.8. The van der Waals surface area contributed by atoms with Gasteiger partial charge in [0.15, 0.2) is 0 Å². The van der Waals surface area contributed by atoms with Crippen LogP contribution in [0.1, 0.15) is 0 Å². The van der Waals surface area contributed by atoms with Crippen molar-refractivity contribution < 1.29 is 0 Å². The molecule has 0 aliphatic heterocycles. The number of hydrogen-bond donors (Lipinski definition) is 1. The smallest absolute Gasteiger partial charge is 0.312 e. The van der Waals surface area contributed by atoms with Crippen LogP contribution in [0.5, 0.6) is 0 Å². The minimum absolute atomic E-state index is 0.392. The van der Waals surface area contributed by atoms with Crippen LogP contribution < -0.4 is 5.69 Å². The first-order chi connectivity index (χ1) is 7.18. The fourth-order valence-corrected chi connectivity index (χ4v) is 1.63. The number of nitrogens with one attached hydrogen (secondary N) is 1. The summed E-state index contributed by atoms with van der Waals surface area (Å²) in [6.45, 7) is 0.